The Hall–Kier alpha value is -1.12. The monoisotopic (exact) mass is 297 g/mol. The van der Waals surface area contributed by atoms with Gasteiger partial charge < -0.3 is 0 Å². The molecule has 1 aromatic carbocycles. The summed E-state index contributed by atoms with van der Waals surface area (Å²) in [5.74, 6) is 0.109. The Bertz CT molecular complexity index is 419. The number of nitrogens with zero attached hydrogens (tertiary/aromatic N) is 1. The molecule has 1 amide bonds. The zero-order valence-electron chi connectivity index (χ0n) is 9.76. The molecule has 2 rings (SSSR count). The van der Waals surface area contributed by atoms with Crippen LogP contribution < -0.4 is 0 Å². The van der Waals surface area contributed by atoms with E-state index in [1.54, 1.807) is 4.90 Å². The van der Waals surface area contributed by atoms with Crippen LogP contribution in [0, 0.1) is 0 Å². The van der Waals surface area contributed by atoms with Crippen molar-refractivity contribution in [3.63, 3.8) is 0 Å². The summed E-state index contributed by atoms with van der Waals surface area (Å²) in [5.41, 5.74) is 1.23. The van der Waals surface area contributed by atoms with E-state index in [-0.39, 0.29) is 11.9 Å². The van der Waals surface area contributed by atoms with Crippen molar-refractivity contribution in [3.05, 3.63) is 35.9 Å². The third-order valence-corrected chi connectivity index (χ3v) is 3.51. The summed E-state index contributed by atoms with van der Waals surface area (Å²) in [5, 5.41) is 0. The zero-order chi connectivity index (χ0) is 12.3. The molecule has 1 heterocycles. The van der Waals surface area contributed by atoms with E-state index >= 15 is 0 Å². The van der Waals surface area contributed by atoms with Gasteiger partial charge >= 0.3 is 109 Å². The number of rotatable bonds is 3. The van der Waals surface area contributed by atoms with E-state index in [4.69, 9.17) is 4.74 Å². The van der Waals surface area contributed by atoms with Gasteiger partial charge in [-0.25, -0.2) is 0 Å². The second kappa shape index (κ2) is 5.48. The molecule has 0 unspecified atom stereocenters. The Balaban J connectivity index is 2.10. The van der Waals surface area contributed by atoms with Crippen molar-refractivity contribution < 1.29 is 9.53 Å². The van der Waals surface area contributed by atoms with Gasteiger partial charge in [0.05, 0.1) is 0 Å². The van der Waals surface area contributed by atoms with Gasteiger partial charge in [0.15, 0.2) is 0 Å². The quantitative estimate of drug-likeness (QED) is 0.782. The molecule has 1 atom stereocenters. The molecule has 0 radical (unpaired) electrons. The van der Waals surface area contributed by atoms with E-state index in [9.17, 15) is 4.79 Å². The molecule has 1 saturated heterocycles. The van der Waals surface area contributed by atoms with E-state index in [2.05, 4.69) is 27.7 Å². The number of amides is 1. The SMILES string of the molecule is CCC(=O)N1C(=[Se])OC[C@@H]1Cc1ccccc1. The fraction of sp³-hybridized carbons (Fsp3) is 0.385. The van der Waals surface area contributed by atoms with Gasteiger partial charge in [0.1, 0.15) is 0 Å². The molecule has 1 aliphatic heterocycles. The fourth-order valence-electron chi connectivity index (χ4n) is 1.97. The van der Waals surface area contributed by atoms with Crippen LogP contribution in [0.1, 0.15) is 18.9 Å². The van der Waals surface area contributed by atoms with Crippen molar-refractivity contribution >= 4 is 26.2 Å². The molecule has 1 fully saturated rings. The third kappa shape index (κ3) is 2.76. The molecule has 0 N–H and O–H groups in total. The van der Waals surface area contributed by atoms with E-state index in [1.807, 2.05) is 25.1 Å². The second-order valence-electron chi connectivity index (χ2n) is 4.04. The summed E-state index contributed by atoms with van der Waals surface area (Å²) in [4.78, 5) is 13.6. The van der Waals surface area contributed by atoms with Crippen molar-refractivity contribution in [3.8, 4) is 0 Å². The van der Waals surface area contributed by atoms with Crippen molar-refractivity contribution in [1.29, 1.82) is 0 Å². The maximum absolute atomic E-state index is 11.8. The van der Waals surface area contributed by atoms with Gasteiger partial charge in [0, 0.05) is 0 Å². The van der Waals surface area contributed by atoms with Gasteiger partial charge in [-0.05, 0) is 0 Å². The Morgan fingerprint density at radius 1 is 1.47 bits per heavy atom. The normalized spacial score (nSPS) is 19.2. The molecule has 0 saturated carbocycles. The Morgan fingerprint density at radius 3 is 2.82 bits per heavy atom. The van der Waals surface area contributed by atoms with Crippen molar-refractivity contribution in [2.75, 3.05) is 6.61 Å². The number of hydrogen-bond acceptors (Lipinski definition) is 2. The number of benzene rings is 1. The maximum atomic E-state index is 11.8. The first-order valence-electron chi connectivity index (χ1n) is 5.75. The summed E-state index contributed by atoms with van der Waals surface area (Å²) < 4.78 is 6.05. The summed E-state index contributed by atoms with van der Waals surface area (Å²) in [6.45, 7) is 2.44. The van der Waals surface area contributed by atoms with Crippen molar-refractivity contribution in [2.45, 2.75) is 25.8 Å². The summed E-state index contributed by atoms with van der Waals surface area (Å²) >= 11 is 2.82. The molecule has 0 aromatic heterocycles. The van der Waals surface area contributed by atoms with E-state index in [1.165, 1.54) is 5.56 Å². The molecular weight excluding hydrogens is 281 g/mol. The molecule has 4 heteroatoms. The molecule has 90 valence electrons. The van der Waals surface area contributed by atoms with Gasteiger partial charge in [-0.1, -0.05) is 0 Å². The number of ether oxygens (including phenoxy) is 1. The van der Waals surface area contributed by atoms with E-state index in [0.717, 1.165) is 6.42 Å². The van der Waals surface area contributed by atoms with Crippen LogP contribution in [0.3, 0.4) is 0 Å². The molecule has 0 aliphatic carbocycles. The Kier molecular flexibility index (Phi) is 3.97. The average Bonchev–Trinajstić information content (AvgIpc) is 2.71. The van der Waals surface area contributed by atoms with Crippen LogP contribution in [-0.2, 0) is 16.0 Å². The molecule has 0 bridgehead atoms. The standard InChI is InChI=1S/C13H15NO2Se/c1-2-12(15)14-11(9-16-13(14)17)8-10-6-4-3-5-7-10/h3-7,11H,2,8-9H2,1H3/t11-/m0/s1. The third-order valence-electron chi connectivity index (χ3n) is 2.85. The van der Waals surface area contributed by atoms with Crippen LogP contribution >= 0.6 is 0 Å². The van der Waals surface area contributed by atoms with Crippen molar-refractivity contribution in [1.82, 2.24) is 4.90 Å². The molecule has 0 spiro atoms. The van der Waals surface area contributed by atoms with Crippen LogP contribution in [0.4, 0.5) is 0 Å². The summed E-state index contributed by atoms with van der Waals surface area (Å²) in [7, 11) is 0. The number of carbonyl (C=O) groups is 1. The van der Waals surface area contributed by atoms with Crippen LogP contribution in [0.5, 0.6) is 0 Å². The van der Waals surface area contributed by atoms with Crippen LogP contribution in [-0.4, -0.2) is 43.8 Å². The first-order valence-corrected chi connectivity index (χ1v) is 6.60. The molecule has 3 nitrogen and oxygen atoms in total. The summed E-state index contributed by atoms with van der Waals surface area (Å²) in [6.07, 6.45) is 1.33. The van der Waals surface area contributed by atoms with Gasteiger partial charge in [-0.2, -0.15) is 0 Å². The first-order chi connectivity index (χ1) is 8.22. The zero-order valence-corrected chi connectivity index (χ0v) is 11.5. The number of carbonyl (C=O) groups excluding carboxylic acids is 1. The molecule has 1 aromatic rings. The van der Waals surface area contributed by atoms with E-state index < -0.39 is 0 Å². The minimum absolute atomic E-state index is 0.109. The summed E-state index contributed by atoms with van der Waals surface area (Å²) in [6, 6.07) is 10.3. The molecular formula is C13H15NO2Se. The van der Waals surface area contributed by atoms with Gasteiger partial charge in [-0.3, -0.25) is 0 Å². The van der Waals surface area contributed by atoms with Gasteiger partial charge in [0.2, 0.25) is 0 Å². The second-order valence-corrected chi connectivity index (χ2v) is 4.77. The number of hydrogen-bond donors (Lipinski definition) is 0. The minimum atomic E-state index is 0.109. The van der Waals surface area contributed by atoms with Crippen LogP contribution in [0.2, 0.25) is 0 Å². The van der Waals surface area contributed by atoms with Crippen LogP contribution in [0.25, 0.3) is 0 Å². The molecule has 17 heavy (non-hydrogen) atoms. The fourth-order valence-corrected chi connectivity index (χ4v) is 2.64. The predicted octanol–water partition coefficient (Wildman–Crippen LogP) is 1.12. The van der Waals surface area contributed by atoms with Crippen molar-refractivity contribution in [2.24, 2.45) is 0 Å². The average molecular weight is 296 g/mol. The Labute approximate surface area is 109 Å². The topological polar surface area (TPSA) is 29.5 Å². The predicted molar refractivity (Wildman–Crippen MR) is 67.8 cm³/mol. The van der Waals surface area contributed by atoms with Gasteiger partial charge in [0.25, 0.3) is 0 Å². The van der Waals surface area contributed by atoms with Crippen LogP contribution in [0.15, 0.2) is 30.3 Å². The van der Waals surface area contributed by atoms with E-state index in [0.29, 0.717) is 17.8 Å². The Morgan fingerprint density at radius 2 is 2.18 bits per heavy atom. The van der Waals surface area contributed by atoms with Gasteiger partial charge in [-0.15, -0.1) is 0 Å². The first kappa shape index (κ1) is 12.3. The molecule has 1 aliphatic rings.